The van der Waals surface area contributed by atoms with Crippen LogP contribution in [-0.4, -0.2) is 5.91 Å². The summed E-state index contributed by atoms with van der Waals surface area (Å²) in [6.45, 7) is 0.382. The Balaban J connectivity index is 1.37. The predicted octanol–water partition coefficient (Wildman–Crippen LogP) is 4.92. The molecular weight excluding hydrogens is 322 g/mol. The average Bonchev–Trinajstić information content (AvgIpc) is 2.70. The summed E-state index contributed by atoms with van der Waals surface area (Å²) >= 11 is 0. The Morgan fingerprint density at radius 3 is 2.04 bits per heavy atom. The minimum atomic E-state index is -0.0816. The maximum absolute atomic E-state index is 11.8. The zero-order valence-electron chi connectivity index (χ0n) is 14.7. The van der Waals surface area contributed by atoms with Gasteiger partial charge in [0.2, 0.25) is 5.91 Å². The molecule has 0 radical (unpaired) electrons. The van der Waals surface area contributed by atoms with Crippen LogP contribution in [0.15, 0.2) is 84.9 Å². The summed E-state index contributed by atoms with van der Waals surface area (Å²) in [6.07, 6.45) is 2.13. The summed E-state index contributed by atoms with van der Waals surface area (Å²) < 4.78 is 0. The zero-order chi connectivity index (χ0) is 18.0. The summed E-state index contributed by atoms with van der Waals surface area (Å²) in [7, 11) is 0. The number of amides is 1. The van der Waals surface area contributed by atoms with Crippen LogP contribution in [0.5, 0.6) is 0 Å². The second-order valence-corrected chi connectivity index (χ2v) is 6.22. The average molecular weight is 345 g/mol. The lowest BCUT2D eigenvalue weighted by molar-refractivity contribution is -0.134. The van der Waals surface area contributed by atoms with Crippen LogP contribution in [0.3, 0.4) is 0 Å². The molecule has 1 N–H and O–H groups in total. The molecule has 3 nitrogen and oxygen atoms in total. The number of benzene rings is 3. The van der Waals surface area contributed by atoms with Crippen molar-refractivity contribution in [3.8, 4) is 11.1 Å². The number of nitrogens with one attached hydrogen (secondary N) is 1. The Kier molecular flexibility index (Phi) is 6.57. The Morgan fingerprint density at radius 1 is 0.731 bits per heavy atom. The highest BCUT2D eigenvalue weighted by Gasteiger charge is 2.03. The van der Waals surface area contributed by atoms with Crippen molar-refractivity contribution in [2.24, 2.45) is 0 Å². The Labute approximate surface area is 154 Å². The standard InChI is InChI=1S/C23H23NO2/c25-23(24-26-18-20-8-3-1-4-9-20)13-7-10-19-14-16-22(17-15-19)21-11-5-2-6-12-21/h1-6,8-9,11-12,14-17H,7,10,13,18H2,(H,24,25). The fraction of sp³-hybridized carbons (Fsp3) is 0.174. The molecule has 26 heavy (non-hydrogen) atoms. The van der Waals surface area contributed by atoms with Gasteiger partial charge in [-0.05, 0) is 35.1 Å². The molecule has 0 saturated carbocycles. The maximum atomic E-state index is 11.8. The van der Waals surface area contributed by atoms with E-state index in [1.807, 2.05) is 48.5 Å². The molecule has 0 atom stereocenters. The van der Waals surface area contributed by atoms with Gasteiger partial charge in [0.1, 0.15) is 0 Å². The van der Waals surface area contributed by atoms with Crippen molar-refractivity contribution in [3.63, 3.8) is 0 Å². The van der Waals surface area contributed by atoms with Crippen LogP contribution >= 0.6 is 0 Å². The van der Waals surface area contributed by atoms with Crippen LogP contribution in [0, 0.1) is 0 Å². The third kappa shape index (κ3) is 5.57. The lowest BCUT2D eigenvalue weighted by Crippen LogP contribution is -2.23. The van der Waals surface area contributed by atoms with E-state index < -0.39 is 0 Å². The summed E-state index contributed by atoms with van der Waals surface area (Å²) in [5.41, 5.74) is 7.21. The van der Waals surface area contributed by atoms with Gasteiger partial charge in [-0.25, -0.2) is 5.48 Å². The number of hydrogen-bond donors (Lipinski definition) is 1. The second-order valence-electron chi connectivity index (χ2n) is 6.22. The molecule has 0 heterocycles. The van der Waals surface area contributed by atoms with Gasteiger partial charge in [-0.1, -0.05) is 84.9 Å². The van der Waals surface area contributed by atoms with Crippen LogP contribution in [0.25, 0.3) is 11.1 Å². The molecule has 0 aliphatic carbocycles. The molecule has 3 rings (SSSR count). The molecule has 0 aromatic heterocycles. The van der Waals surface area contributed by atoms with E-state index in [-0.39, 0.29) is 5.91 Å². The Morgan fingerprint density at radius 2 is 1.35 bits per heavy atom. The quantitative estimate of drug-likeness (QED) is 0.588. The highest BCUT2D eigenvalue weighted by Crippen LogP contribution is 2.19. The molecule has 0 spiro atoms. The van der Waals surface area contributed by atoms with E-state index in [2.05, 4.69) is 41.9 Å². The van der Waals surface area contributed by atoms with Crippen LogP contribution in [-0.2, 0) is 22.7 Å². The molecule has 0 saturated heterocycles. The third-order valence-corrected chi connectivity index (χ3v) is 4.20. The summed E-state index contributed by atoms with van der Waals surface area (Å²) in [5.74, 6) is -0.0816. The van der Waals surface area contributed by atoms with Crippen molar-refractivity contribution in [3.05, 3.63) is 96.1 Å². The topological polar surface area (TPSA) is 38.3 Å². The maximum Gasteiger partial charge on any atom is 0.243 e. The summed E-state index contributed by atoms with van der Waals surface area (Å²) in [6, 6.07) is 28.6. The van der Waals surface area contributed by atoms with Gasteiger partial charge in [-0.2, -0.15) is 0 Å². The highest BCUT2D eigenvalue weighted by molar-refractivity contribution is 5.74. The number of carbonyl (C=O) groups excluding carboxylic acids is 1. The molecule has 0 aliphatic rings. The monoisotopic (exact) mass is 345 g/mol. The van der Waals surface area contributed by atoms with E-state index in [1.54, 1.807) is 0 Å². The normalized spacial score (nSPS) is 10.5. The van der Waals surface area contributed by atoms with Gasteiger partial charge in [0.05, 0.1) is 6.61 Å². The van der Waals surface area contributed by atoms with Crippen molar-refractivity contribution < 1.29 is 9.63 Å². The van der Waals surface area contributed by atoms with E-state index in [4.69, 9.17) is 4.84 Å². The molecule has 3 heteroatoms. The van der Waals surface area contributed by atoms with Crippen molar-refractivity contribution in [2.75, 3.05) is 0 Å². The zero-order valence-corrected chi connectivity index (χ0v) is 14.7. The van der Waals surface area contributed by atoms with Gasteiger partial charge in [0, 0.05) is 6.42 Å². The molecule has 132 valence electrons. The number of carbonyl (C=O) groups is 1. The first-order valence-electron chi connectivity index (χ1n) is 8.90. The van der Waals surface area contributed by atoms with Gasteiger partial charge < -0.3 is 0 Å². The SMILES string of the molecule is O=C(CCCc1ccc(-c2ccccc2)cc1)NOCc1ccccc1. The molecule has 3 aromatic carbocycles. The van der Waals surface area contributed by atoms with Gasteiger partial charge in [0.25, 0.3) is 0 Å². The first kappa shape index (κ1) is 17.9. The van der Waals surface area contributed by atoms with E-state index in [0.29, 0.717) is 13.0 Å². The molecular formula is C23H23NO2. The lowest BCUT2D eigenvalue weighted by atomic mass is 10.0. The first-order chi connectivity index (χ1) is 12.8. The largest absolute Gasteiger partial charge is 0.273 e. The molecule has 0 aliphatic heterocycles. The smallest absolute Gasteiger partial charge is 0.243 e. The summed E-state index contributed by atoms with van der Waals surface area (Å²) in [5, 5.41) is 0. The van der Waals surface area contributed by atoms with E-state index in [1.165, 1.54) is 16.7 Å². The minimum Gasteiger partial charge on any atom is -0.273 e. The van der Waals surface area contributed by atoms with Crippen molar-refractivity contribution in [1.29, 1.82) is 0 Å². The fourth-order valence-electron chi connectivity index (χ4n) is 2.77. The summed E-state index contributed by atoms with van der Waals surface area (Å²) in [4.78, 5) is 17.1. The molecule has 0 unspecified atom stereocenters. The van der Waals surface area contributed by atoms with Crippen LogP contribution in [0.1, 0.15) is 24.0 Å². The molecule has 0 fully saturated rings. The molecule has 0 bridgehead atoms. The van der Waals surface area contributed by atoms with Crippen molar-refractivity contribution >= 4 is 5.91 Å². The van der Waals surface area contributed by atoms with Gasteiger partial charge in [-0.3, -0.25) is 9.63 Å². The third-order valence-electron chi connectivity index (χ3n) is 4.20. The van der Waals surface area contributed by atoms with Crippen LogP contribution in [0.4, 0.5) is 0 Å². The number of aryl methyl sites for hydroxylation is 1. The van der Waals surface area contributed by atoms with E-state index in [0.717, 1.165) is 18.4 Å². The van der Waals surface area contributed by atoms with E-state index in [9.17, 15) is 4.79 Å². The number of hydroxylamine groups is 1. The lowest BCUT2D eigenvalue weighted by Gasteiger charge is -2.07. The predicted molar refractivity (Wildman–Crippen MR) is 104 cm³/mol. The first-order valence-corrected chi connectivity index (χ1v) is 8.90. The van der Waals surface area contributed by atoms with Crippen molar-refractivity contribution in [2.45, 2.75) is 25.9 Å². The van der Waals surface area contributed by atoms with Gasteiger partial charge in [-0.15, -0.1) is 0 Å². The second kappa shape index (κ2) is 9.54. The fourth-order valence-corrected chi connectivity index (χ4v) is 2.77. The van der Waals surface area contributed by atoms with Gasteiger partial charge in [0.15, 0.2) is 0 Å². The minimum absolute atomic E-state index is 0.0816. The number of rotatable bonds is 8. The highest BCUT2D eigenvalue weighted by atomic mass is 16.6. The molecule has 3 aromatic rings. The van der Waals surface area contributed by atoms with Crippen molar-refractivity contribution in [1.82, 2.24) is 5.48 Å². The number of hydrogen-bond acceptors (Lipinski definition) is 2. The van der Waals surface area contributed by atoms with E-state index >= 15 is 0 Å². The van der Waals surface area contributed by atoms with Gasteiger partial charge >= 0.3 is 0 Å². The van der Waals surface area contributed by atoms with Crippen LogP contribution < -0.4 is 5.48 Å². The Bertz CT molecular complexity index is 799. The van der Waals surface area contributed by atoms with Crippen LogP contribution in [0.2, 0.25) is 0 Å². The Hall–Kier alpha value is -2.91. The molecule has 1 amide bonds.